The van der Waals surface area contributed by atoms with Crippen molar-refractivity contribution in [2.45, 2.75) is 52.6 Å². The Morgan fingerprint density at radius 1 is 1.28 bits per heavy atom. The summed E-state index contributed by atoms with van der Waals surface area (Å²) < 4.78 is 0. The van der Waals surface area contributed by atoms with E-state index in [-0.39, 0.29) is 0 Å². The Morgan fingerprint density at radius 2 is 2.00 bits per heavy atom. The molecule has 1 aromatic heterocycles. The lowest BCUT2D eigenvalue weighted by Gasteiger charge is -2.26. The molecule has 0 aliphatic rings. The number of pyridine rings is 1. The Labute approximate surface area is 112 Å². The number of nitrogens with one attached hydrogen (secondary N) is 1. The van der Waals surface area contributed by atoms with Gasteiger partial charge in [-0.3, -0.25) is 4.90 Å². The van der Waals surface area contributed by atoms with Gasteiger partial charge >= 0.3 is 0 Å². The van der Waals surface area contributed by atoms with Crippen molar-refractivity contribution in [2.24, 2.45) is 0 Å². The first-order valence-electron chi connectivity index (χ1n) is 7.10. The summed E-state index contributed by atoms with van der Waals surface area (Å²) >= 11 is 0. The Bertz CT molecular complexity index is 334. The van der Waals surface area contributed by atoms with E-state index in [1.807, 2.05) is 6.20 Å². The van der Waals surface area contributed by atoms with Crippen molar-refractivity contribution >= 4 is 5.82 Å². The normalized spacial score (nSPS) is 11.2. The smallest absolute Gasteiger partial charge is 0.126 e. The Hall–Kier alpha value is -1.09. The number of nitrogens with zero attached hydrogens (tertiary/aromatic N) is 2. The SMILES string of the molecule is CCCNc1cc(CN(C)C(CC)CC)ccn1. The second-order valence-corrected chi connectivity index (χ2v) is 4.86. The molecule has 1 N–H and O–H groups in total. The van der Waals surface area contributed by atoms with Crippen molar-refractivity contribution in [3.05, 3.63) is 23.9 Å². The van der Waals surface area contributed by atoms with Crippen LogP contribution in [0.3, 0.4) is 0 Å². The molecule has 0 aliphatic carbocycles. The Morgan fingerprint density at radius 3 is 2.61 bits per heavy atom. The van der Waals surface area contributed by atoms with E-state index in [0.29, 0.717) is 6.04 Å². The van der Waals surface area contributed by atoms with Crippen molar-refractivity contribution in [2.75, 3.05) is 18.9 Å². The quantitative estimate of drug-likeness (QED) is 0.764. The van der Waals surface area contributed by atoms with Gasteiger partial charge < -0.3 is 5.32 Å². The number of aromatic nitrogens is 1. The fourth-order valence-corrected chi connectivity index (χ4v) is 2.25. The molecule has 0 saturated heterocycles. The van der Waals surface area contributed by atoms with E-state index in [1.165, 1.54) is 18.4 Å². The van der Waals surface area contributed by atoms with Gasteiger partial charge in [-0.2, -0.15) is 0 Å². The van der Waals surface area contributed by atoms with Crippen LogP contribution in [0.25, 0.3) is 0 Å². The standard InChI is InChI=1S/C15H27N3/c1-5-9-16-15-11-13(8-10-17-15)12-18(4)14(6-2)7-3/h8,10-11,14H,5-7,9,12H2,1-4H3,(H,16,17). The highest BCUT2D eigenvalue weighted by molar-refractivity contribution is 5.37. The van der Waals surface area contributed by atoms with Crippen LogP contribution < -0.4 is 5.32 Å². The predicted molar refractivity (Wildman–Crippen MR) is 78.9 cm³/mol. The predicted octanol–water partition coefficient (Wildman–Crippen LogP) is 3.52. The van der Waals surface area contributed by atoms with E-state index in [4.69, 9.17) is 0 Å². The number of hydrogen-bond acceptors (Lipinski definition) is 3. The second kappa shape index (κ2) is 8.09. The fourth-order valence-electron chi connectivity index (χ4n) is 2.25. The molecular formula is C15H27N3. The molecule has 0 radical (unpaired) electrons. The summed E-state index contributed by atoms with van der Waals surface area (Å²) in [6.45, 7) is 8.66. The minimum absolute atomic E-state index is 0.671. The zero-order valence-corrected chi connectivity index (χ0v) is 12.2. The van der Waals surface area contributed by atoms with Gasteiger partial charge in [0.15, 0.2) is 0 Å². The molecule has 0 fully saturated rings. The summed E-state index contributed by atoms with van der Waals surface area (Å²) in [5, 5.41) is 3.34. The highest BCUT2D eigenvalue weighted by atomic mass is 15.1. The monoisotopic (exact) mass is 249 g/mol. The summed E-state index contributed by atoms with van der Waals surface area (Å²) in [5.41, 5.74) is 1.33. The van der Waals surface area contributed by atoms with Gasteiger partial charge in [0.2, 0.25) is 0 Å². The molecule has 1 aromatic rings. The van der Waals surface area contributed by atoms with E-state index in [1.54, 1.807) is 0 Å². The molecule has 0 amide bonds. The van der Waals surface area contributed by atoms with Gasteiger partial charge in [-0.25, -0.2) is 4.98 Å². The Kier molecular flexibility index (Phi) is 6.73. The van der Waals surface area contributed by atoms with E-state index in [0.717, 1.165) is 25.3 Å². The molecule has 1 heterocycles. The first kappa shape index (κ1) is 15.0. The molecular weight excluding hydrogens is 222 g/mol. The average molecular weight is 249 g/mol. The average Bonchev–Trinajstić information content (AvgIpc) is 2.38. The molecule has 18 heavy (non-hydrogen) atoms. The summed E-state index contributed by atoms with van der Waals surface area (Å²) in [5.74, 6) is 0.993. The van der Waals surface area contributed by atoms with Crippen LogP contribution >= 0.6 is 0 Å². The van der Waals surface area contributed by atoms with Crippen LogP contribution in [0.5, 0.6) is 0 Å². The molecule has 0 aromatic carbocycles. The maximum Gasteiger partial charge on any atom is 0.126 e. The van der Waals surface area contributed by atoms with Gasteiger partial charge in [0.05, 0.1) is 0 Å². The van der Waals surface area contributed by atoms with Crippen LogP contribution in [0, 0.1) is 0 Å². The third-order valence-electron chi connectivity index (χ3n) is 3.38. The third kappa shape index (κ3) is 4.65. The molecule has 0 aliphatic heterocycles. The van der Waals surface area contributed by atoms with Gasteiger partial charge in [0.25, 0.3) is 0 Å². The largest absolute Gasteiger partial charge is 0.370 e. The van der Waals surface area contributed by atoms with Crippen molar-refractivity contribution < 1.29 is 0 Å². The summed E-state index contributed by atoms with van der Waals surface area (Å²) in [4.78, 5) is 6.77. The van der Waals surface area contributed by atoms with Crippen molar-refractivity contribution in [1.82, 2.24) is 9.88 Å². The molecule has 0 unspecified atom stereocenters. The highest BCUT2D eigenvalue weighted by Gasteiger charge is 2.10. The highest BCUT2D eigenvalue weighted by Crippen LogP contribution is 2.13. The third-order valence-corrected chi connectivity index (χ3v) is 3.38. The van der Waals surface area contributed by atoms with Gasteiger partial charge in [0.1, 0.15) is 5.82 Å². The van der Waals surface area contributed by atoms with Crippen molar-refractivity contribution in [1.29, 1.82) is 0 Å². The lowest BCUT2D eigenvalue weighted by molar-refractivity contribution is 0.222. The lowest BCUT2D eigenvalue weighted by Crippen LogP contribution is -2.30. The van der Waals surface area contributed by atoms with E-state index in [9.17, 15) is 0 Å². The summed E-state index contributed by atoms with van der Waals surface area (Å²) in [7, 11) is 2.21. The van der Waals surface area contributed by atoms with Crippen LogP contribution in [0.2, 0.25) is 0 Å². The number of rotatable bonds is 8. The van der Waals surface area contributed by atoms with Crippen molar-refractivity contribution in [3.63, 3.8) is 0 Å². The van der Waals surface area contributed by atoms with E-state index >= 15 is 0 Å². The first-order chi connectivity index (χ1) is 8.71. The fraction of sp³-hybridized carbons (Fsp3) is 0.667. The minimum Gasteiger partial charge on any atom is -0.370 e. The van der Waals surface area contributed by atoms with E-state index < -0.39 is 0 Å². The second-order valence-electron chi connectivity index (χ2n) is 4.86. The molecule has 0 bridgehead atoms. The summed E-state index contributed by atoms with van der Waals surface area (Å²) in [6.07, 6.45) is 5.44. The molecule has 0 spiro atoms. The molecule has 3 nitrogen and oxygen atoms in total. The first-order valence-corrected chi connectivity index (χ1v) is 7.10. The van der Waals surface area contributed by atoms with Crippen LogP contribution in [0.15, 0.2) is 18.3 Å². The maximum absolute atomic E-state index is 4.34. The zero-order valence-electron chi connectivity index (χ0n) is 12.2. The summed E-state index contributed by atoms with van der Waals surface area (Å²) in [6, 6.07) is 4.94. The van der Waals surface area contributed by atoms with E-state index in [2.05, 4.69) is 55.2 Å². The Balaban J connectivity index is 2.60. The van der Waals surface area contributed by atoms with Crippen LogP contribution in [-0.4, -0.2) is 29.5 Å². The van der Waals surface area contributed by atoms with Crippen molar-refractivity contribution in [3.8, 4) is 0 Å². The maximum atomic E-state index is 4.34. The van der Waals surface area contributed by atoms with Gasteiger partial charge in [-0.1, -0.05) is 20.8 Å². The molecule has 3 heteroatoms. The number of hydrogen-bond donors (Lipinski definition) is 1. The van der Waals surface area contributed by atoms with Crippen LogP contribution in [0.1, 0.15) is 45.6 Å². The molecule has 1 rings (SSSR count). The minimum atomic E-state index is 0.671. The number of anilines is 1. The molecule has 0 saturated carbocycles. The van der Waals surface area contributed by atoms with Gasteiger partial charge in [0, 0.05) is 25.3 Å². The van der Waals surface area contributed by atoms with Gasteiger partial charge in [-0.05, 0) is 44.0 Å². The molecule has 102 valence electrons. The molecule has 0 atom stereocenters. The van der Waals surface area contributed by atoms with Crippen LogP contribution in [0.4, 0.5) is 5.82 Å². The topological polar surface area (TPSA) is 28.2 Å². The van der Waals surface area contributed by atoms with Crippen LogP contribution in [-0.2, 0) is 6.54 Å². The lowest BCUT2D eigenvalue weighted by atomic mass is 10.1. The zero-order chi connectivity index (χ0) is 13.4. The van der Waals surface area contributed by atoms with Gasteiger partial charge in [-0.15, -0.1) is 0 Å².